The van der Waals surface area contributed by atoms with Gasteiger partial charge in [0.15, 0.2) is 0 Å². The number of amides is 1. The van der Waals surface area contributed by atoms with Crippen molar-refractivity contribution in [3.8, 4) is 11.8 Å². The zero-order chi connectivity index (χ0) is 12.6. The predicted molar refractivity (Wildman–Crippen MR) is 70.4 cm³/mol. The van der Waals surface area contributed by atoms with Crippen molar-refractivity contribution < 1.29 is 4.79 Å². The maximum absolute atomic E-state index is 11.6. The zero-order valence-corrected chi connectivity index (χ0v) is 10.9. The summed E-state index contributed by atoms with van der Waals surface area (Å²) in [5.41, 5.74) is 5.53. The average Bonchev–Trinajstić information content (AvgIpc) is 2.32. The van der Waals surface area contributed by atoms with Crippen LogP contribution in [-0.2, 0) is 4.79 Å². The second-order valence-corrected chi connectivity index (χ2v) is 6.49. The molecule has 4 aliphatic carbocycles. The molecule has 4 bridgehead atoms. The molecule has 3 N–H and O–H groups in total. The number of carbonyl (C=O) groups excluding carboxylic acids is 1. The Morgan fingerprint density at radius 1 is 1.17 bits per heavy atom. The van der Waals surface area contributed by atoms with Crippen LogP contribution in [0.3, 0.4) is 0 Å². The topological polar surface area (TPSA) is 55.1 Å². The molecule has 98 valence electrons. The van der Waals surface area contributed by atoms with Gasteiger partial charge in [0.1, 0.15) is 0 Å². The molecule has 0 radical (unpaired) electrons. The smallest absolute Gasteiger partial charge is 0.295 e. The van der Waals surface area contributed by atoms with Gasteiger partial charge in [-0.2, -0.15) is 0 Å². The SMILES string of the molecule is NCCNC(=O)C#CC12CC3CC(CC(C3)C1)C2. The molecule has 18 heavy (non-hydrogen) atoms. The average molecular weight is 246 g/mol. The highest BCUT2D eigenvalue weighted by molar-refractivity contribution is 5.93. The fourth-order valence-corrected chi connectivity index (χ4v) is 4.68. The summed E-state index contributed by atoms with van der Waals surface area (Å²) >= 11 is 0. The van der Waals surface area contributed by atoms with Gasteiger partial charge < -0.3 is 11.1 Å². The molecule has 4 rings (SSSR count). The summed E-state index contributed by atoms with van der Waals surface area (Å²) in [5, 5.41) is 2.73. The lowest BCUT2D eigenvalue weighted by Gasteiger charge is -2.54. The predicted octanol–water partition coefficient (Wildman–Crippen LogP) is 1.28. The summed E-state index contributed by atoms with van der Waals surface area (Å²) in [7, 11) is 0. The van der Waals surface area contributed by atoms with E-state index in [-0.39, 0.29) is 11.3 Å². The first-order chi connectivity index (χ1) is 8.69. The molecular formula is C15H22N2O. The molecule has 1 amide bonds. The molecule has 4 saturated carbocycles. The molecule has 0 atom stereocenters. The Morgan fingerprint density at radius 2 is 1.72 bits per heavy atom. The first-order valence-corrected chi connectivity index (χ1v) is 7.20. The molecule has 3 nitrogen and oxygen atoms in total. The molecule has 3 heteroatoms. The Balaban J connectivity index is 1.69. The third-order valence-corrected chi connectivity index (χ3v) is 4.91. The Bertz CT molecular complexity index is 369. The monoisotopic (exact) mass is 246 g/mol. The van der Waals surface area contributed by atoms with E-state index in [9.17, 15) is 4.79 Å². The minimum absolute atomic E-state index is 0.156. The highest BCUT2D eigenvalue weighted by atomic mass is 16.1. The molecule has 0 aromatic carbocycles. The van der Waals surface area contributed by atoms with Crippen LogP contribution >= 0.6 is 0 Å². The largest absolute Gasteiger partial charge is 0.344 e. The summed E-state index contributed by atoms with van der Waals surface area (Å²) in [6.07, 6.45) is 7.95. The first kappa shape index (κ1) is 12.0. The van der Waals surface area contributed by atoms with Crippen LogP contribution in [0.25, 0.3) is 0 Å². The molecule has 4 aliphatic rings. The molecule has 0 spiro atoms. The minimum Gasteiger partial charge on any atom is -0.344 e. The Morgan fingerprint density at radius 3 is 2.22 bits per heavy atom. The molecule has 0 aliphatic heterocycles. The molecule has 0 aromatic rings. The van der Waals surface area contributed by atoms with Gasteiger partial charge in [0.2, 0.25) is 0 Å². The van der Waals surface area contributed by atoms with E-state index >= 15 is 0 Å². The number of nitrogens with one attached hydrogen (secondary N) is 1. The van der Waals surface area contributed by atoms with Crippen LogP contribution in [-0.4, -0.2) is 19.0 Å². The van der Waals surface area contributed by atoms with E-state index < -0.39 is 0 Å². The van der Waals surface area contributed by atoms with Crippen LogP contribution in [0.1, 0.15) is 38.5 Å². The number of hydrogen-bond acceptors (Lipinski definition) is 2. The van der Waals surface area contributed by atoms with Crippen LogP contribution in [0.15, 0.2) is 0 Å². The van der Waals surface area contributed by atoms with Crippen LogP contribution < -0.4 is 11.1 Å². The Hall–Kier alpha value is -1.01. The van der Waals surface area contributed by atoms with Gasteiger partial charge in [-0.25, -0.2) is 0 Å². The summed E-state index contributed by atoms with van der Waals surface area (Å²) in [6.45, 7) is 0.999. The van der Waals surface area contributed by atoms with Crippen molar-refractivity contribution in [1.82, 2.24) is 5.32 Å². The third-order valence-electron chi connectivity index (χ3n) is 4.91. The summed E-state index contributed by atoms with van der Waals surface area (Å²) in [4.78, 5) is 11.6. The molecule has 4 fully saturated rings. The van der Waals surface area contributed by atoms with Gasteiger partial charge in [0, 0.05) is 18.5 Å². The van der Waals surface area contributed by atoms with E-state index in [0.29, 0.717) is 13.1 Å². The molecule has 0 saturated heterocycles. The van der Waals surface area contributed by atoms with E-state index in [2.05, 4.69) is 17.2 Å². The van der Waals surface area contributed by atoms with Gasteiger partial charge >= 0.3 is 0 Å². The third kappa shape index (κ3) is 2.27. The van der Waals surface area contributed by atoms with Gasteiger partial charge in [0.05, 0.1) is 0 Å². The number of hydrogen-bond donors (Lipinski definition) is 2. The molecule has 0 unspecified atom stereocenters. The maximum atomic E-state index is 11.6. The van der Waals surface area contributed by atoms with Crippen molar-refractivity contribution in [1.29, 1.82) is 0 Å². The number of nitrogens with two attached hydrogens (primary N) is 1. The van der Waals surface area contributed by atoms with Crippen LogP contribution in [0, 0.1) is 35.0 Å². The van der Waals surface area contributed by atoms with Crippen LogP contribution in [0.5, 0.6) is 0 Å². The lowest BCUT2D eigenvalue weighted by atomic mass is 9.50. The number of rotatable bonds is 2. The van der Waals surface area contributed by atoms with Crippen molar-refractivity contribution in [2.45, 2.75) is 38.5 Å². The molecule has 0 aromatic heterocycles. The van der Waals surface area contributed by atoms with Crippen molar-refractivity contribution in [2.75, 3.05) is 13.1 Å². The lowest BCUT2D eigenvalue weighted by Crippen LogP contribution is -2.45. The summed E-state index contributed by atoms with van der Waals surface area (Å²) in [6, 6.07) is 0. The van der Waals surface area contributed by atoms with Gasteiger partial charge in [0.25, 0.3) is 5.91 Å². The standard InChI is InChI=1S/C15H22N2O/c16-3-4-17-14(18)1-2-15-8-11-5-12(9-15)7-13(6-11)10-15/h11-13H,3-10,16H2,(H,17,18). The highest BCUT2D eigenvalue weighted by Crippen LogP contribution is 2.59. The highest BCUT2D eigenvalue weighted by Gasteiger charge is 2.50. The fourth-order valence-electron chi connectivity index (χ4n) is 4.68. The Kier molecular flexibility index (Phi) is 3.07. The van der Waals surface area contributed by atoms with Crippen molar-refractivity contribution in [3.05, 3.63) is 0 Å². The number of carbonyl (C=O) groups is 1. The van der Waals surface area contributed by atoms with Gasteiger partial charge in [-0.3, -0.25) is 4.79 Å². The molecular weight excluding hydrogens is 224 g/mol. The normalized spacial score (nSPS) is 40.2. The van der Waals surface area contributed by atoms with E-state index in [1.807, 2.05) is 0 Å². The lowest BCUT2D eigenvalue weighted by molar-refractivity contribution is -0.115. The van der Waals surface area contributed by atoms with E-state index in [4.69, 9.17) is 5.73 Å². The second-order valence-electron chi connectivity index (χ2n) is 6.49. The van der Waals surface area contributed by atoms with Crippen molar-refractivity contribution in [2.24, 2.45) is 28.9 Å². The zero-order valence-electron chi connectivity index (χ0n) is 10.9. The van der Waals surface area contributed by atoms with Gasteiger partial charge in [-0.1, -0.05) is 5.92 Å². The maximum Gasteiger partial charge on any atom is 0.295 e. The Labute approximate surface area is 109 Å². The molecule has 0 heterocycles. The summed E-state index contributed by atoms with van der Waals surface area (Å²) < 4.78 is 0. The minimum atomic E-state index is -0.156. The summed E-state index contributed by atoms with van der Waals surface area (Å²) in [5.74, 6) is 8.66. The van der Waals surface area contributed by atoms with Gasteiger partial charge in [-0.15, -0.1) is 0 Å². The van der Waals surface area contributed by atoms with Crippen LogP contribution in [0.2, 0.25) is 0 Å². The van der Waals surface area contributed by atoms with E-state index in [0.717, 1.165) is 17.8 Å². The quantitative estimate of drug-likeness (QED) is 0.721. The van der Waals surface area contributed by atoms with Crippen molar-refractivity contribution in [3.63, 3.8) is 0 Å². The second kappa shape index (κ2) is 4.59. The van der Waals surface area contributed by atoms with Crippen molar-refractivity contribution >= 4 is 5.91 Å². The van der Waals surface area contributed by atoms with E-state index in [1.165, 1.54) is 38.5 Å². The fraction of sp³-hybridized carbons (Fsp3) is 0.800. The van der Waals surface area contributed by atoms with E-state index in [1.54, 1.807) is 0 Å². The van der Waals surface area contributed by atoms with Crippen LogP contribution in [0.4, 0.5) is 0 Å². The van der Waals surface area contributed by atoms with Gasteiger partial charge in [-0.05, 0) is 62.2 Å². The first-order valence-electron chi connectivity index (χ1n) is 7.20.